The number of anilines is 2. The highest BCUT2D eigenvalue weighted by Crippen LogP contribution is 2.52. The third-order valence-electron chi connectivity index (χ3n) is 5.38. The van der Waals surface area contributed by atoms with Gasteiger partial charge in [-0.2, -0.15) is 5.26 Å². The minimum Gasteiger partial charge on any atom is -0.442 e. The Bertz CT molecular complexity index is 799. The number of hydrogen-bond donors (Lipinski definition) is 1. The Morgan fingerprint density at radius 1 is 1.42 bits per heavy atom. The number of piperidine rings is 1. The van der Waals surface area contributed by atoms with E-state index in [-0.39, 0.29) is 17.8 Å². The highest BCUT2D eigenvalue weighted by molar-refractivity contribution is 7.80. The molecule has 1 unspecified atom stereocenters. The topological polar surface area (TPSA) is 68.6 Å². The summed E-state index contributed by atoms with van der Waals surface area (Å²) in [6.45, 7) is 3.99. The number of rotatable bonds is 4. The molecule has 0 aromatic heterocycles. The van der Waals surface area contributed by atoms with Crippen molar-refractivity contribution in [3.8, 4) is 6.07 Å². The highest BCUT2D eigenvalue weighted by Gasteiger charge is 2.56. The second-order valence-corrected chi connectivity index (χ2v) is 7.69. The van der Waals surface area contributed by atoms with E-state index in [9.17, 15) is 9.18 Å². The van der Waals surface area contributed by atoms with E-state index in [4.69, 9.17) is 22.2 Å². The molecule has 1 aromatic rings. The maximum absolute atomic E-state index is 14.6. The van der Waals surface area contributed by atoms with Crippen molar-refractivity contribution in [1.29, 1.82) is 5.26 Å². The molecular formula is C18H19FN4O2S. The molecule has 3 fully saturated rings. The van der Waals surface area contributed by atoms with E-state index in [0.29, 0.717) is 41.3 Å². The number of amides is 1. The normalized spacial score (nSPS) is 29.2. The molecule has 6 nitrogen and oxygen atoms in total. The first-order valence-corrected chi connectivity index (χ1v) is 9.05. The molecule has 2 heterocycles. The molecule has 1 aromatic carbocycles. The zero-order valence-corrected chi connectivity index (χ0v) is 15.1. The second kappa shape index (κ2) is 6.40. The molecule has 1 amide bonds. The van der Waals surface area contributed by atoms with Crippen LogP contribution in [-0.2, 0) is 4.74 Å². The van der Waals surface area contributed by atoms with Gasteiger partial charge in [0.15, 0.2) is 0 Å². The molecule has 3 aliphatic rings. The summed E-state index contributed by atoms with van der Waals surface area (Å²) in [6.07, 6.45) is -0.804. The quantitative estimate of drug-likeness (QED) is 0.816. The van der Waals surface area contributed by atoms with Crippen molar-refractivity contribution in [2.24, 2.45) is 17.8 Å². The van der Waals surface area contributed by atoms with E-state index < -0.39 is 6.09 Å². The minimum absolute atomic E-state index is 0.134. The SMILES string of the molecule is CC(=S)NC[C@H]1CN(c2ccc(N3C[C@@H]4C(C#N)[C@@H]4C3)c(F)c2)C(=O)O1. The van der Waals surface area contributed by atoms with Gasteiger partial charge in [0, 0.05) is 13.1 Å². The van der Waals surface area contributed by atoms with Crippen LogP contribution in [0.15, 0.2) is 18.2 Å². The third-order valence-corrected chi connectivity index (χ3v) is 5.52. The fourth-order valence-electron chi connectivity index (χ4n) is 3.93. The molecule has 0 bridgehead atoms. The summed E-state index contributed by atoms with van der Waals surface area (Å²) < 4.78 is 19.9. The van der Waals surface area contributed by atoms with Crippen molar-refractivity contribution in [2.45, 2.75) is 13.0 Å². The van der Waals surface area contributed by atoms with Crippen LogP contribution < -0.4 is 15.1 Å². The zero-order chi connectivity index (χ0) is 18.4. The Labute approximate surface area is 156 Å². The minimum atomic E-state index is -0.481. The van der Waals surface area contributed by atoms with Gasteiger partial charge >= 0.3 is 6.09 Å². The van der Waals surface area contributed by atoms with Gasteiger partial charge in [0.1, 0.15) is 11.9 Å². The number of hydrogen-bond acceptors (Lipinski definition) is 5. The van der Waals surface area contributed by atoms with E-state index >= 15 is 0 Å². The van der Waals surface area contributed by atoms with Gasteiger partial charge in [0.25, 0.3) is 0 Å². The van der Waals surface area contributed by atoms with Crippen LogP contribution in [0.2, 0.25) is 0 Å². The molecule has 8 heteroatoms. The lowest BCUT2D eigenvalue weighted by atomic mass is 10.2. The van der Waals surface area contributed by atoms with Crippen LogP contribution in [0.25, 0.3) is 0 Å². The Balaban J connectivity index is 1.43. The van der Waals surface area contributed by atoms with Crippen molar-refractivity contribution in [3.05, 3.63) is 24.0 Å². The number of thiocarbonyl (C=S) groups is 1. The molecule has 0 radical (unpaired) electrons. The smallest absolute Gasteiger partial charge is 0.414 e. The van der Waals surface area contributed by atoms with Gasteiger partial charge in [0.2, 0.25) is 0 Å². The van der Waals surface area contributed by atoms with Crippen molar-refractivity contribution >= 4 is 34.7 Å². The molecule has 1 saturated carbocycles. The van der Waals surface area contributed by atoms with Crippen LogP contribution in [0.4, 0.5) is 20.6 Å². The number of carbonyl (C=O) groups is 1. The van der Waals surface area contributed by atoms with Crippen molar-refractivity contribution in [3.63, 3.8) is 0 Å². The van der Waals surface area contributed by atoms with Crippen molar-refractivity contribution < 1.29 is 13.9 Å². The Morgan fingerprint density at radius 3 is 2.77 bits per heavy atom. The lowest BCUT2D eigenvalue weighted by Gasteiger charge is -2.23. The average molecular weight is 374 g/mol. The molecule has 136 valence electrons. The third kappa shape index (κ3) is 2.97. The molecule has 26 heavy (non-hydrogen) atoms. The first kappa shape index (κ1) is 17.0. The van der Waals surface area contributed by atoms with Gasteiger partial charge in [-0.1, -0.05) is 12.2 Å². The number of nitrogens with one attached hydrogen (secondary N) is 1. The summed E-state index contributed by atoms with van der Waals surface area (Å²) in [5, 5.41) is 12.0. The second-order valence-electron chi connectivity index (χ2n) is 7.08. The zero-order valence-electron chi connectivity index (χ0n) is 14.3. The fourth-order valence-corrected chi connectivity index (χ4v) is 4.01. The van der Waals surface area contributed by atoms with Gasteiger partial charge in [-0.3, -0.25) is 4.90 Å². The largest absolute Gasteiger partial charge is 0.442 e. The molecule has 2 saturated heterocycles. The maximum Gasteiger partial charge on any atom is 0.414 e. The summed E-state index contributed by atoms with van der Waals surface area (Å²) in [4.78, 5) is 16.1. The van der Waals surface area contributed by atoms with Gasteiger partial charge in [-0.05, 0) is 37.0 Å². The van der Waals surface area contributed by atoms with Crippen LogP contribution in [0.3, 0.4) is 0 Å². The number of nitrogens with zero attached hydrogens (tertiary/aromatic N) is 3. The Kier molecular flexibility index (Phi) is 4.19. The van der Waals surface area contributed by atoms with Gasteiger partial charge in [0.05, 0.1) is 41.4 Å². The van der Waals surface area contributed by atoms with E-state index in [1.54, 1.807) is 19.1 Å². The van der Waals surface area contributed by atoms with Crippen LogP contribution in [0.5, 0.6) is 0 Å². The molecule has 1 N–H and O–H groups in total. The van der Waals surface area contributed by atoms with Crippen LogP contribution in [0.1, 0.15) is 6.92 Å². The van der Waals surface area contributed by atoms with Gasteiger partial charge < -0.3 is 15.0 Å². The van der Waals surface area contributed by atoms with Gasteiger partial charge in [-0.15, -0.1) is 0 Å². The summed E-state index contributed by atoms with van der Waals surface area (Å²) in [7, 11) is 0. The molecule has 4 rings (SSSR count). The lowest BCUT2D eigenvalue weighted by molar-refractivity contribution is 0.143. The van der Waals surface area contributed by atoms with E-state index in [0.717, 1.165) is 13.1 Å². The number of nitriles is 1. The van der Waals surface area contributed by atoms with Crippen LogP contribution >= 0.6 is 12.2 Å². The number of halogens is 1. The molecular weight excluding hydrogens is 355 g/mol. The standard InChI is InChI=1S/C18H19FN4O2S/c1-10(26)21-6-12-7-23(18(24)25-12)11-2-3-17(16(19)4-11)22-8-14-13(5-20)15(14)9-22/h2-4,12-15H,6-9H2,1H3,(H,21,26)/t12-,13?,14-,15+/m0/s1. The van der Waals surface area contributed by atoms with E-state index in [1.807, 2.05) is 4.90 Å². The summed E-state index contributed by atoms with van der Waals surface area (Å²) in [6, 6.07) is 7.13. The number of ether oxygens (including phenoxy) is 1. The molecule has 1 aliphatic carbocycles. The van der Waals surface area contributed by atoms with Crippen LogP contribution in [0, 0.1) is 34.9 Å². The van der Waals surface area contributed by atoms with E-state index in [2.05, 4.69) is 11.4 Å². The summed E-state index contributed by atoms with van der Waals surface area (Å²) in [5.41, 5.74) is 1.01. The van der Waals surface area contributed by atoms with Crippen LogP contribution in [-0.4, -0.2) is 43.4 Å². The van der Waals surface area contributed by atoms with Gasteiger partial charge in [-0.25, -0.2) is 9.18 Å². The predicted octanol–water partition coefficient (Wildman–Crippen LogP) is 2.29. The first-order chi connectivity index (χ1) is 12.5. The molecule has 0 spiro atoms. The van der Waals surface area contributed by atoms with Crippen molar-refractivity contribution in [1.82, 2.24) is 5.32 Å². The number of carbonyl (C=O) groups excluding carboxylic acids is 1. The summed E-state index contributed by atoms with van der Waals surface area (Å²) >= 11 is 4.96. The molecule has 4 atom stereocenters. The van der Waals surface area contributed by atoms with E-state index in [1.165, 1.54) is 11.0 Å². The fraction of sp³-hybridized carbons (Fsp3) is 0.500. The molecule has 2 aliphatic heterocycles. The average Bonchev–Trinajstić information content (AvgIpc) is 2.93. The Hall–Kier alpha value is -2.40. The monoisotopic (exact) mass is 374 g/mol. The number of cyclic esters (lactones) is 1. The number of benzene rings is 1. The van der Waals surface area contributed by atoms with Crippen molar-refractivity contribution in [2.75, 3.05) is 36.0 Å². The summed E-state index contributed by atoms with van der Waals surface area (Å²) in [5.74, 6) is 0.506. The maximum atomic E-state index is 14.6. The predicted molar refractivity (Wildman–Crippen MR) is 98.6 cm³/mol. The Morgan fingerprint density at radius 2 is 2.15 bits per heavy atom. The number of fused-ring (bicyclic) bond motifs is 1. The first-order valence-electron chi connectivity index (χ1n) is 8.64. The lowest BCUT2D eigenvalue weighted by Crippen LogP contribution is -2.32. The highest BCUT2D eigenvalue weighted by atomic mass is 32.1.